The maximum atomic E-state index is 12.2. The van der Waals surface area contributed by atoms with Gasteiger partial charge < -0.3 is 20.7 Å². The van der Waals surface area contributed by atoms with E-state index in [1.807, 2.05) is 30.3 Å². The van der Waals surface area contributed by atoms with E-state index in [0.717, 1.165) is 38.5 Å². The van der Waals surface area contributed by atoms with Gasteiger partial charge in [-0.2, -0.15) is 0 Å². The highest BCUT2D eigenvalue weighted by atomic mass is 32.1. The van der Waals surface area contributed by atoms with E-state index in [2.05, 4.69) is 15.1 Å². The lowest BCUT2D eigenvalue weighted by Crippen LogP contribution is -2.48. The molecule has 1 aliphatic rings. The summed E-state index contributed by atoms with van der Waals surface area (Å²) in [5.74, 6) is 0.282. The Morgan fingerprint density at radius 2 is 1.71 bits per heavy atom. The number of carbonyl (C=O) groups excluding carboxylic acids is 2. The van der Waals surface area contributed by atoms with Gasteiger partial charge in [-0.25, -0.2) is 0 Å². The van der Waals surface area contributed by atoms with Crippen LogP contribution < -0.4 is 15.8 Å². The summed E-state index contributed by atoms with van der Waals surface area (Å²) in [6, 6.07) is 11.5. The number of rotatable bonds is 9. The van der Waals surface area contributed by atoms with Gasteiger partial charge in [0.15, 0.2) is 0 Å². The average molecular weight is 403 g/mol. The van der Waals surface area contributed by atoms with E-state index in [0.29, 0.717) is 30.1 Å². The molecular formula is C20H26N4O3S. The summed E-state index contributed by atoms with van der Waals surface area (Å²) in [6.45, 7) is 6.09. The number of nitrogens with one attached hydrogen (secondary N) is 1. The summed E-state index contributed by atoms with van der Waals surface area (Å²) in [4.78, 5) is 28.1. The summed E-state index contributed by atoms with van der Waals surface area (Å²) >= 11 is 1.31. The first-order chi connectivity index (χ1) is 13.6. The molecule has 1 fully saturated rings. The molecule has 2 amide bonds. The number of primary amides is 1. The van der Waals surface area contributed by atoms with E-state index in [9.17, 15) is 9.59 Å². The lowest BCUT2D eigenvalue weighted by atomic mass is 10.2. The number of piperazine rings is 1. The second kappa shape index (κ2) is 10.2. The van der Waals surface area contributed by atoms with Gasteiger partial charge in [-0.05, 0) is 23.6 Å². The molecule has 0 radical (unpaired) electrons. The topological polar surface area (TPSA) is 87.9 Å². The molecule has 0 spiro atoms. The van der Waals surface area contributed by atoms with Gasteiger partial charge in [-0.15, -0.1) is 11.3 Å². The van der Waals surface area contributed by atoms with Gasteiger partial charge >= 0.3 is 0 Å². The Balaban J connectivity index is 1.31. The first-order valence-corrected chi connectivity index (χ1v) is 10.3. The third-order valence-electron chi connectivity index (χ3n) is 4.72. The number of hydrogen-bond donors (Lipinski definition) is 2. The highest BCUT2D eigenvalue weighted by Gasteiger charge is 2.18. The molecule has 2 heterocycles. The normalized spacial score (nSPS) is 15.3. The molecule has 1 aromatic carbocycles. The third-order valence-corrected chi connectivity index (χ3v) is 5.55. The fourth-order valence-electron chi connectivity index (χ4n) is 3.09. The van der Waals surface area contributed by atoms with E-state index < -0.39 is 5.91 Å². The van der Waals surface area contributed by atoms with Crippen LogP contribution in [0.25, 0.3) is 0 Å². The molecule has 0 atom stereocenters. The summed E-state index contributed by atoms with van der Waals surface area (Å²) in [6.07, 6.45) is 0.396. The van der Waals surface area contributed by atoms with Crippen LogP contribution in [0.4, 0.5) is 5.00 Å². The Bertz CT molecular complexity index is 773. The minimum Gasteiger partial charge on any atom is -0.492 e. The molecule has 0 bridgehead atoms. The van der Waals surface area contributed by atoms with E-state index in [-0.39, 0.29) is 5.91 Å². The molecule has 7 nitrogen and oxygen atoms in total. The van der Waals surface area contributed by atoms with Crippen molar-refractivity contribution in [3.63, 3.8) is 0 Å². The van der Waals surface area contributed by atoms with Crippen molar-refractivity contribution >= 4 is 28.2 Å². The van der Waals surface area contributed by atoms with E-state index in [1.165, 1.54) is 11.3 Å². The van der Waals surface area contributed by atoms with Gasteiger partial charge in [-0.3, -0.25) is 14.5 Å². The molecule has 28 heavy (non-hydrogen) atoms. The lowest BCUT2D eigenvalue weighted by Gasteiger charge is -2.34. The number of nitrogens with zero attached hydrogens (tertiary/aromatic N) is 2. The number of hydrogen-bond acceptors (Lipinski definition) is 6. The first-order valence-electron chi connectivity index (χ1n) is 9.41. The molecule has 150 valence electrons. The highest BCUT2D eigenvalue weighted by Crippen LogP contribution is 2.22. The quantitative estimate of drug-likeness (QED) is 0.669. The van der Waals surface area contributed by atoms with E-state index in [1.54, 1.807) is 11.4 Å². The molecule has 0 saturated carbocycles. The largest absolute Gasteiger partial charge is 0.492 e. The Labute approximate surface area is 169 Å². The van der Waals surface area contributed by atoms with Gasteiger partial charge in [-0.1, -0.05) is 18.2 Å². The summed E-state index contributed by atoms with van der Waals surface area (Å²) in [7, 11) is 0. The monoisotopic (exact) mass is 402 g/mol. The molecule has 1 aromatic heterocycles. The van der Waals surface area contributed by atoms with Crippen molar-refractivity contribution in [2.24, 2.45) is 5.73 Å². The summed E-state index contributed by atoms with van der Waals surface area (Å²) in [5, 5.41) is 5.06. The Morgan fingerprint density at radius 3 is 2.39 bits per heavy atom. The third kappa shape index (κ3) is 6.05. The van der Waals surface area contributed by atoms with Crippen molar-refractivity contribution in [3.05, 3.63) is 47.3 Å². The van der Waals surface area contributed by atoms with Crippen LogP contribution in [0, 0.1) is 0 Å². The van der Waals surface area contributed by atoms with Gasteiger partial charge in [0, 0.05) is 45.7 Å². The zero-order valence-electron chi connectivity index (χ0n) is 15.8. The standard InChI is InChI=1S/C20H26N4O3S/c21-19(26)17-7-15-28-20(17)22-18(25)6-8-23-9-11-24(12-10-23)13-14-27-16-4-2-1-3-5-16/h1-5,7,15H,6,8-14H2,(H2,21,26)(H,22,25). The molecule has 1 saturated heterocycles. The minimum absolute atomic E-state index is 0.0939. The number of carbonyl (C=O) groups is 2. The second-order valence-electron chi connectivity index (χ2n) is 6.67. The molecule has 8 heteroatoms. The van der Waals surface area contributed by atoms with Crippen molar-refractivity contribution < 1.29 is 14.3 Å². The van der Waals surface area contributed by atoms with Crippen LogP contribution in [-0.2, 0) is 4.79 Å². The lowest BCUT2D eigenvalue weighted by molar-refractivity contribution is -0.116. The number of benzene rings is 1. The predicted octanol–water partition coefficient (Wildman–Crippen LogP) is 1.87. The number of amides is 2. The number of ether oxygens (including phenoxy) is 1. The predicted molar refractivity (Wildman–Crippen MR) is 111 cm³/mol. The number of nitrogens with two attached hydrogens (primary N) is 1. The fraction of sp³-hybridized carbons (Fsp3) is 0.400. The maximum Gasteiger partial charge on any atom is 0.251 e. The molecule has 2 aromatic rings. The fourth-order valence-corrected chi connectivity index (χ4v) is 3.90. The van der Waals surface area contributed by atoms with Crippen molar-refractivity contribution in [2.45, 2.75) is 6.42 Å². The van der Waals surface area contributed by atoms with Gasteiger partial charge in [0.2, 0.25) is 5.91 Å². The Morgan fingerprint density at radius 1 is 1.04 bits per heavy atom. The minimum atomic E-state index is -0.524. The molecule has 0 aliphatic carbocycles. The maximum absolute atomic E-state index is 12.2. The van der Waals surface area contributed by atoms with Crippen molar-refractivity contribution in [1.82, 2.24) is 9.80 Å². The highest BCUT2D eigenvalue weighted by molar-refractivity contribution is 7.14. The zero-order valence-corrected chi connectivity index (χ0v) is 16.6. The van der Waals surface area contributed by atoms with Gasteiger partial charge in [0.1, 0.15) is 17.4 Å². The summed E-state index contributed by atoms with van der Waals surface area (Å²) < 4.78 is 5.75. The molecule has 0 unspecified atom stereocenters. The average Bonchev–Trinajstić information content (AvgIpc) is 3.16. The van der Waals surface area contributed by atoms with Crippen LogP contribution in [-0.4, -0.2) is 67.5 Å². The van der Waals surface area contributed by atoms with Crippen molar-refractivity contribution in [1.29, 1.82) is 0 Å². The van der Waals surface area contributed by atoms with Crippen LogP contribution in [0.15, 0.2) is 41.8 Å². The van der Waals surface area contributed by atoms with Gasteiger partial charge in [0.25, 0.3) is 5.91 Å². The van der Waals surface area contributed by atoms with Crippen LogP contribution in [0.1, 0.15) is 16.8 Å². The first kappa shape index (κ1) is 20.3. The zero-order chi connectivity index (χ0) is 19.8. The second-order valence-corrected chi connectivity index (χ2v) is 7.59. The van der Waals surface area contributed by atoms with Crippen molar-refractivity contribution in [2.75, 3.05) is 51.2 Å². The molecule has 3 N–H and O–H groups in total. The molecule has 3 rings (SSSR count). The van der Waals surface area contributed by atoms with Crippen molar-refractivity contribution in [3.8, 4) is 5.75 Å². The van der Waals surface area contributed by atoms with Gasteiger partial charge in [0.05, 0.1) is 5.56 Å². The smallest absolute Gasteiger partial charge is 0.251 e. The summed E-state index contributed by atoms with van der Waals surface area (Å²) in [5.41, 5.74) is 5.67. The Kier molecular flexibility index (Phi) is 7.41. The van der Waals surface area contributed by atoms with Crippen LogP contribution >= 0.6 is 11.3 Å². The molecule has 1 aliphatic heterocycles. The van der Waals surface area contributed by atoms with Crippen LogP contribution in [0.5, 0.6) is 5.75 Å². The number of thiophene rings is 1. The SMILES string of the molecule is NC(=O)c1ccsc1NC(=O)CCN1CCN(CCOc2ccccc2)CC1. The number of para-hydroxylation sites is 1. The number of anilines is 1. The van der Waals surface area contributed by atoms with E-state index in [4.69, 9.17) is 10.5 Å². The van der Waals surface area contributed by atoms with Crippen LogP contribution in [0.2, 0.25) is 0 Å². The van der Waals surface area contributed by atoms with Crippen LogP contribution in [0.3, 0.4) is 0 Å². The van der Waals surface area contributed by atoms with E-state index >= 15 is 0 Å². The molecular weight excluding hydrogens is 376 g/mol. The Hall–Kier alpha value is -2.42.